The monoisotopic (exact) mass is 274 g/mol. The first-order chi connectivity index (χ1) is 8.59. The largest absolute Gasteiger partial charge is 0.314 e. The minimum atomic E-state index is -1.16. The summed E-state index contributed by atoms with van der Waals surface area (Å²) in [6.07, 6.45) is 0. The zero-order valence-electron chi connectivity index (χ0n) is 9.68. The lowest BCUT2D eigenvalue weighted by Crippen LogP contribution is -2.45. The summed E-state index contributed by atoms with van der Waals surface area (Å²) in [6, 6.07) is 2.12. The number of hydrogen-bond acceptors (Lipinski definition) is 3. The number of nitrogens with zero attached hydrogens (tertiary/aromatic N) is 1. The third kappa shape index (κ3) is 2.85. The number of nitrogens with one attached hydrogen (secondary N) is 1. The number of carbonyl (C=O) groups is 1. The maximum atomic E-state index is 13.6. The van der Waals surface area contributed by atoms with Crippen LogP contribution in [0.25, 0.3) is 0 Å². The number of rotatable bonds is 3. The number of halogens is 3. The Bertz CT molecular complexity index is 462. The van der Waals surface area contributed by atoms with Gasteiger partial charge in [-0.1, -0.05) is 11.6 Å². The van der Waals surface area contributed by atoms with E-state index in [0.29, 0.717) is 13.1 Å². The van der Waals surface area contributed by atoms with Crippen LogP contribution in [0.2, 0.25) is 5.02 Å². The SMILES string of the molecule is O=C(CN1CCNCC1)c1c(Cl)ccc(F)c1F. The first-order valence-corrected chi connectivity index (χ1v) is 6.07. The van der Waals surface area contributed by atoms with Gasteiger partial charge in [0.2, 0.25) is 0 Å². The lowest BCUT2D eigenvalue weighted by molar-refractivity contribution is 0.0916. The first-order valence-electron chi connectivity index (χ1n) is 5.69. The van der Waals surface area contributed by atoms with Crippen LogP contribution in [0, 0.1) is 11.6 Å². The van der Waals surface area contributed by atoms with Crippen molar-refractivity contribution in [2.24, 2.45) is 0 Å². The number of Topliss-reactive ketones (excluding diaryl/α,β-unsaturated/α-hetero) is 1. The Morgan fingerprint density at radius 1 is 1.33 bits per heavy atom. The summed E-state index contributed by atoms with van der Waals surface area (Å²) < 4.78 is 26.6. The molecule has 0 bridgehead atoms. The number of piperazine rings is 1. The molecular formula is C12H13ClF2N2O. The maximum absolute atomic E-state index is 13.6. The molecule has 98 valence electrons. The Hall–Kier alpha value is -1.04. The van der Waals surface area contributed by atoms with Gasteiger partial charge < -0.3 is 5.32 Å². The summed E-state index contributed by atoms with van der Waals surface area (Å²) in [4.78, 5) is 13.8. The summed E-state index contributed by atoms with van der Waals surface area (Å²) in [5, 5.41) is 3.10. The lowest BCUT2D eigenvalue weighted by atomic mass is 10.1. The van der Waals surface area contributed by atoms with Crippen LogP contribution >= 0.6 is 11.6 Å². The van der Waals surface area contributed by atoms with E-state index in [0.717, 1.165) is 19.2 Å². The summed E-state index contributed by atoms with van der Waals surface area (Å²) in [7, 11) is 0. The molecule has 0 aliphatic carbocycles. The average Bonchev–Trinajstić information content (AvgIpc) is 2.36. The van der Waals surface area contributed by atoms with Crippen molar-refractivity contribution in [2.75, 3.05) is 32.7 Å². The molecule has 0 saturated carbocycles. The van der Waals surface area contributed by atoms with Crippen LogP contribution in [0.4, 0.5) is 8.78 Å². The second kappa shape index (κ2) is 5.73. The Balaban J connectivity index is 2.15. The van der Waals surface area contributed by atoms with Crippen LogP contribution in [0.15, 0.2) is 12.1 Å². The van der Waals surface area contributed by atoms with Crippen molar-refractivity contribution in [1.82, 2.24) is 10.2 Å². The number of ketones is 1. The minimum Gasteiger partial charge on any atom is -0.314 e. The van der Waals surface area contributed by atoms with Gasteiger partial charge in [0.15, 0.2) is 17.4 Å². The molecule has 3 nitrogen and oxygen atoms in total. The molecule has 18 heavy (non-hydrogen) atoms. The number of carbonyl (C=O) groups excluding carboxylic acids is 1. The molecule has 6 heteroatoms. The van der Waals surface area contributed by atoms with E-state index in [-0.39, 0.29) is 17.1 Å². The standard InChI is InChI=1S/C12H13ClF2N2O/c13-8-1-2-9(14)12(15)11(8)10(18)7-17-5-3-16-4-6-17/h1-2,16H,3-7H2. The molecule has 2 rings (SSSR count). The second-order valence-electron chi connectivity index (χ2n) is 4.17. The van der Waals surface area contributed by atoms with Crippen molar-refractivity contribution in [3.63, 3.8) is 0 Å². The molecule has 1 N–H and O–H groups in total. The van der Waals surface area contributed by atoms with Gasteiger partial charge in [0, 0.05) is 26.2 Å². The van der Waals surface area contributed by atoms with Gasteiger partial charge >= 0.3 is 0 Å². The minimum absolute atomic E-state index is 0.0472. The quantitative estimate of drug-likeness (QED) is 0.673. The zero-order valence-corrected chi connectivity index (χ0v) is 10.4. The molecule has 0 radical (unpaired) electrons. The van der Waals surface area contributed by atoms with Crippen LogP contribution in [-0.4, -0.2) is 43.4 Å². The Kier molecular flexibility index (Phi) is 4.27. The smallest absolute Gasteiger partial charge is 0.181 e. The fraction of sp³-hybridized carbons (Fsp3) is 0.417. The molecule has 0 amide bonds. The van der Waals surface area contributed by atoms with Crippen molar-refractivity contribution in [1.29, 1.82) is 0 Å². The van der Waals surface area contributed by atoms with E-state index >= 15 is 0 Å². The molecule has 0 aromatic heterocycles. The molecule has 1 aliphatic heterocycles. The van der Waals surface area contributed by atoms with Crippen LogP contribution in [-0.2, 0) is 0 Å². The highest BCUT2D eigenvalue weighted by molar-refractivity contribution is 6.34. The highest BCUT2D eigenvalue weighted by atomic mass is 35.5. The van der Waals surface area contributed by atoms with Crippen LogP contribution in [0.3, 0.4) is 0 Å². The highest BCUT2D eigenvalue weighted by Gasteiger charge is 2.22. The predicted molar refractivity (Wildman–Crippen MR) is 65.0 cm³/mol. The third-order valence-electron chi connectivity index (χ3n) is 2.90. The van der Waals surface area contributed by atoms with Crippen molar-refractivity contribution >= 4 is 17.4 Å². The summed E-state index contributed by atoms with van der Waals surface area (Å²) in [6.45, 7) is 3.04. The molecule has 1 fully saturated rings. The third-order valence-corrected chi connectivity index (χ3v) is 3.21. The molecular weight excluding hydrogens is 262 g/mol. The zero-order chi connectivity index (χ0) is 13.1. The van der Waals surface area contributed by atoms with Crippen LogP contribution < -0.4 is 5.32 Å². The van der Waals surface area contributed by atoms with E-state index in [4.69, 9.17) is 11.6 Å². The van der Waals surface area contributed by atoms with E-state index in [1.54, 1.807) is 0 Å². The van der Waals surface area contributed by atoms with Gasteiger partial charge in [0.25, 0.3) is 0 Å². The molecule has 0 atom stereocenters. The van der Waals surface area contributed by atoms with E-state index in [1.807, 2.05) is 4.90 Å². The normalized spacial score (nSPS) is 16.8. The lowest BCUT2D eigenvalue weighted by Gasteiger charge is -2.26. The molecule has 1 aromatic rings. The summed E-state index contributed by atoms with van der Waals surface area (Å²) in [5.41, 5.74) is -0.352. The van der Waals surface area contributed by atoms with Gasteiger partial charge in [0.05, 0.1) is 17.1 Å². The first kappa shape index (κ1) is 13.4. The van der Waals surface area contributed by atoms with Crippen molar-refractivity contribution in [3.8, 4) is 0 Å². The maximum Gasteiger partial charge on any atom is 0.181 e. The molecule has 0 unspecified atom stereocenters. The Labute approximate surface area is 109 Å². The molecule has 1 saturated heterocycles. The van der Waals surface area contributed by atoms with Crippen molar-refractivity contribution in [3.05, 3.63) is 34.4 Å². The number of benzene rings is 1. The Morgan fingerprint density at radius 2 is 2.00 bits per heavy atom. The van der Waals surface area contributed by atoms with Gasteiger partial charge in [-0.05, 0) is 12.1 Å². The van der Waals surface area contributed by atoms with Crippen LogP contribution in [0.1, 0.15) is 10.4 Å². The van der Waals surface area contributed by atoms with Gasteiger partial charge in [-0.2, -0.15) is 0 Å². The van der Waals surface area contributed by atoms with E-state index in [9.17, 15) is 13.6 Å². The summed E-state index contributed by atoms with van der Waals surface area (Å²) in [5.74, 6) is -2.70. The topological polar surface area (TPSA) is 32.3 Å². The van der Waals surface area contributed by atoms with Crippen LogP contribution in [0.5, 0.6) is 0 Å². The Morgan fingerprint density at radius 3 is 2.67 bits per heavy atom. The van der Waals surface area contributed by atoms with Gasteiger partial charge in [-0.15, -0.1) is 0 Å². The van der Waals surface area contributed by atoms with Crippen molar-refractivity contribution < 1.29 is 13.6 Å². The van der Waals surface area contributed by atoms with Gasteiger partial charge in [-0.25, -0.2) is 8.78 Å². The van der Waals surface area contributed by atoms with Gasteiger partial charge in [0.1, 0.15) is 0 Å². The molecule has 0 spiro atoms. The number of hydrogen-bond donors (Lipinski definition) is 1. The van der Waals surface area contributed by atoms with Crippen molar-refractivity contribution in [2.45, 2.75) is 0 Å². The fourth-order valence-corrected chi connectivity index (χ4v) is 2.19. The molecule has 1 aromatic carbocycles. The van der Waals surface area contributed by atoms with Gasteiger partial charge in [-0.3, -0.25) is 9.69 Å². The molecule has 1 heterocycles. The fourth-order valence-electron chi connectivity index (χ4n) is 1.93. The highest BCUT2D eigenvalue weighted by Crippen LogP contribution is 2.22. The molecule has 1 aliphatic rings. The predicted octanol–water partition coefficient (Wildman–Crippen LogP) is 1.71. The van der Waals surface area contributed by atoms with E-state index < -0.39 is 17.4 Å². The van der Waals surface area contributed by atoms with E-state index in [2.05, 4.69) is 5.32 Å². The second-order valence-corrected chi connectivity index (χ2v) is 4.57. The summed E-state index contributed by atoms with van der Waals surface area (Å²) >= 11 is 5.76. The van der Waals surface area contributed by atoms with E-state index in [1.165, 1.54) is 6.07 Å². The average molecular weight is 275 g/mol.